The Morgan fingerprint density at radius 3 is 2.76 bits per heavy atom. The molecule has 0 atom stereocenters. The summed E-state index contributed by atoms with van der Waals surface area (Å²) in [4.78, 5) is 1.95. The Kier molecular flexibility index (Phi) is 4.04. The minimum absolute atomic E-state index is 0.193. The van der Waals surface area contributed by atoms with Crippen molar-refractivity contribution in [2.75, 3.05) is 7.05 Å². The van der Waals surface area contributed by atoms with Gasteiger partial charge in [0.15, 0.2) is 0 Å². The van der Waals surface area contributed by atoms with Gasteiger partial charge in [0.05, 0.1) is 0 Å². The summed E-state index contributed by atoms with van der Waals surface area (Å²) in [6, 6.07) is 6.73. The first-order chi connectivity index (χ1) is 8.16. The van der Waals surface area contributed by atoms with Crippen LogP contribution in [0.25, 0.3) is 0 Å². The summed E-state index contributed by atoms with van der Waals surface area (Å²) in [5.41, 5.74) is 1.39. The predicted molar refractivity (Wildman–Crippen MR) is 66.5 cm³/mol. The van der Waals surface area contributed by atoms with Crippen molar-refractivity contribution >= 4 is 23.1 Å². The minimum Gasteiger partial charge on any atom is -0.296 e. The second-order valence-corrected chi connectivity index (χ2v) is 5.11. The van der Waals surface area contributed by atoms with E-state index in [4.69, 9.17) is 11.6 Å². The van der Waals surface area contributed by atoms with Crippen LogP contribution in [0.1, 0.15) is 11.3 Å². The zero-order chi connectivity index (χ0) is 12.3. The Morgan fingerprint density at radius 2 is 2.12 bits per heavy atom. The van der Waals surface area contributed by atoms with E-state index >= 15 is 0 Å². The number of benzene rings is 1. The summed E-state index contributed by atoms with van der Waals surface area (Å²) < 4.78 is 17.8. The molecule has 0 aliphatic rings. The molecular weight excluding hydrogens is 261 g/mol. The summed E-state index contributed by atoms with van der Waals surface area (Å²) in [5.74, 6) is -0.193. The fourth-order valence-corrected chi connectivity index (χ4v) is 2.13. The summed E-state index contributed by atoms with van der Waals surface area (Å²) in [5, 5.41) is 3.92. The minimum atomic E-state index is -0.193. The van der Waals surface area contributed by atoms with Gasteiger partial charge in [0, 0.05) is 30.2 Å². The molecule has 0 saturated heterocycles. The first-order valence-electron chi connectivity index (χ1n) is 5.05. The Hall–Kier alpha value is -1.04. The van der Waals surface area contributed by atoms with Crippen LogP contribution in [0.3, 0.4) is 0 Å². The van der Waals surface area contributed by atoms with Crippen molar-refractivity contribution in [2.45, 2.75) is 13.1 Å². The van der Waals surface area contributed by atoms with Crippen molar-refractivity contribution in [2.24, 2.45) is 0 Å². The molecule has 0 unspecified atom stereocenters. The fourth-order valence-electron chi connectivity index (χ4n) is 1.52. The maximum absolute atomic E-state index is 13.4. The third-order valence-corrected chi connectivity index (χ3v) is 3.31. The second-order valence-electron chi connectivity index (χ2n) is 3.76. The number of nitrogens with zero attached hydrogens (tertiary/aromatic N) is 3. The Bertz CT molecular complexity index is 503. The lowest BCUT2D eigenvalue weighted by molar-refractivity contribution is 0.309. The normalized spacial score (nSPS) is 11.1. The molecule has 0 N–H and O–H groups in total. The van der Waals surface area contributed by atoms with Gasteiger partial charge in [-0.15, -0.1) is 5.10 Å². The van der Waals surface area contributed by atoms with E-state index in [0.717, 1.165) is 17.2 Å². The van der Waals surface area contributed by atoms with Gasteiger partial charge in [0.2, 0.25) is 0 Å². The summed E-state index contributed by atoms with van der Waals surface area (Å²) in [6.45, 7) is 1.07. The molecule has 0 aliphatic carbocycles. The zero-order valence-corrected chi connectivity index (χ0v) is 10.8. The van der Waals surface area contributed by atoms with Crippen LogP contribution in [0.15, 0.2) is 24.3 Å². The topological polar surface area (TPSA) is 29.0 Å². The molecule has 0 fully saturated rings. The smallest absolute Gasteiger partial charge is 0.138 e. The van der Waals surface area contributed by atoms with Gasteiger partial charge >= 0.3 is 0 Å². The lowest BCUT2D eigenvalue weighted by Gasteiger charge is -2.15. The van der Waals surface area contributed by atoms with Crippen LogP contribution in [0, 0.1) is 5.82 Å². The number of halogens is 2. The number of hydrogen-bond donors (Lipinski definition) is 0. The highest BCUT2D eigenvalue weighted by atomic mass is 35.5. The van der Waals surface area contributed by atoms with Gasteiger partial charge in [-0.2, -0.15) is 0 Å². The average Bonchev–Trinajstić information content (AvgIpc) is 2.68. The van der Waals surface area contributed by atoms with Crippen LogP contribution < -0.4 is 0 Å². The Balaban J connectivity index is 2.01. The van der Waals surface area contributed by atoms with Gasteiger partial charge in [0.1, 0.15) is 15.8 Å². The van der Waals surface area contributed by atoms with Crippen LogP contribution in [0.2, 0.25) is 4.34 Å². The molecule has 2 aromatic rings. The summed E-state index contributed by atoms with van der Waals surface area (Å²) in [6.07, 6.45) is 0. The van der Waals surface area contributed by atoms with Crippen LogP contribution in [-0.4, -0.2) is 21.5 Å². The van der Waals surface area contributed by atoms with Crippen LogP contribution >= 0.6 is 23.1 Å². The molecule has 0 spiro atoms. The SMILES string of the molecule is CN(Cc1ccccc1F)Cc1nnsc1Cl. The zero-order valence-electron chi connectivity index (χ0n) is 9.23. The highest BCUT2D eigenvalue weighted by molar-refractivity contribution is 7.10. The molecule has 1 heterocycles. The third kappa shape index (κ3) is 3.21. The summed E-state index contributed by atoms with van der Waals surface area (Å²) >= 11 is 7.07. The van der Waals surface area contributed by atoms with Crippen molar-refractivity contribution < 1.29 is 4.39 Å². The van der Waals surface area contributed by atoms with Crippen molar-refractivity contribution in [3.63, 3.8) is 0 Å². The van der Waals surface area contributed by atoms with Gasteiger partial charge in [-0.1, -0.05) is 34.3 Å². The Labute approximate surface area is 108 Å². The quantitative estimate of drug-likeness (QED) is 0.856. The van der Waals surface area contributed by atoms with Crippen molar-refractivity contribution in [1.82, 2.24) is 14.5 Å². The van der Waals surface area contributed by atoms with Crippen LogP contribution in [0.4, 0.5) is 4.39 Å². The van der Waals surface area contributed by atoms with E-state index in [2.05, 4.69) is 9.59 Å². The molecule has 0 bridgehead atoms. The molecule has 90 valence electrons. The second kappa shape index (κ2) is 5.53. The maximum atomic E-state index is 13.4. The van der Waals surface area contributed by atoms with Crippen molar-refractivity contribution in [3.8, 4) is 0 Å². The van der Waals surface area contributed by atoms with Crippen LogP contribution in [-0.2, 0) is 13.1 Å². The molecule has 0 aliphatic heterocycles. The van der Waals surface area contributed by atoms with Gasteiger partial charge in [-0.05, 0) is 13.1 Å². The standard InChI is InChI=1S/C11H11ClFN3S/c1-16(7-10-11(12)17-15-14-10)6-8-4-2-3-5-9(8)13/h2-5H,6-7H2,1H3. The molecule has 3 nitrogen and oxygen atoms in total. The van der Waals surface area contributed by atoms with E-state index in [1.54, 1.807) is 12.1 Å². The van der Waals surface area contributed by atoms with Gasteiger partial charge in [-0.25, -0.2) is 4.39 Å². The molecule has 6 heteroatoms. The predicted octanol–water partition coefficient (Wildman–Crippen LogP) is 2.96. The van der Waals surface area contributed by atoms with E-state index in [9.17, 15) is 4.39 Å². The Morgan fingerprint density at radius 1 is 1.35 bits per heavy atom. The highest BCUT2D eigenvalue weighted by Crippen LogP contribution is 2.19. The largest absolute Gasteiger partial charge is 0.296 e. The van der Waals surface area contributed by atoms with E-state index in [-0.39, 0.29) is 5.82 Å². The number of hydrogen-bond acceptors (Lipinski definition) is 4. The molecule has 0 radical (unpaired) electrons. The van der Waals surface area contributed by atoms with Crippen molar-refractivity contribution in [1.29, 1.82) is 0 Å². The van der Waals surface area contributed by atoms with Gasteiger partial charge in [-0.3, -0.25) is 4.90 Å². The molecule has 1 aromatic heterocycles. The van der Waals surface area contributed by atoms with Gasteiger partial charge in [0.25, 0.3) is 0 Å². The molecule has 0 saturated carbocycles. The first-order valence-corrected chi connectivity index (χ1v) is 6.20. The lowest BCUT2D eigenvalue weighted by atomic mass is 10.2. The fraction of sp³-hybridized carbons (Fsp3) is 0.273. The van der Waals surface area contributed by atoms with E-state index in [0.29, 0.717) is 23.0 Å². The molecule has 0 amide bonds. The average molecular weight is 272 g/mol. The monoisotopic (exact) mass is 271 g/mol. The highest BCUT2D eigenvalue weighted by Gasteiger charge is 2.10. The third-order valence-electron chi connectivity index (χ3n) is 2.33. The number of aromatic nitrogens is 2. The molecule has 2 rings (SSSR count). The van der Waals surface area contributed by atoms with E-state index < -0.39 is 0 Å². The number of rotatable bonds is 4. The molecule has 17 heavy (non-hydrogen) atoms. The summed E-state index contributed by atoms with van der Waals surface area (Å²) in [7, 11) is 1.89. The molecular formula is C11H11ClFN3S. The first kappa shape index (κ1) is 12.4. The van der Waals surface area contributed by atoms with Crippen LogP contribution in [0.5, 0.6) is 0 Å². The van der Waals surface area contributed by atoms with Gasteiger partial charge < -0.3 is 0 Å². The van der Waals surface area contributed by atoms with Crippen molar-refractivity contribution in [3.05, 3.63) is 45.7 Å². The van der Waals surface area contributed by atoms with E-state index in [1.807, 2.05) is 18.0 Å². The lowest BCUT2D eigenvalue weighted by Crippen LogP contribution is -2.18. The maximum Gasteiger partial charge on any atom is 0.138 e. The van der Waals surface area contributed by atoms with E-state index in [1.165, 1.54) is 6.07 Å². The molecule has 1 aromatic carbocycles.